The van der Waals surface area contributed by atoms with E-state index in [1.54, 1.807) is 6.26 Å². The van der Waals surface area contributed by atoms with Crippen molar-refractivity contribution in [2.24, 2.45) is 0 Å². The number of hydrogen-bond acceptors (Lipinski definition) is 8. The number of nitrogens with zero attached hydrogens (tertiary/aromatic N) is 4. The van der Waals surface area contributed by atoms with E-state index in [2.05, 4.69) is 15.0 Å². The topological polar surface area (TPSA) is 106 Å². The van der Waals surface area contributed by atoms with E-state index in [0.29, 0.717) is 5.03 Å². The summed E-state index contributed by atoms with van der Waals surface area (Å²) in [6, 6.07) is 3.66. The summed E-state index contributed by atoms with van der Waals surface area (Å²) in [4.78, 5) is 23.8. The molecule has 0 saturated heterocycles. The van der Waals surface area contributed by atoms with Gasteiger partial charge in [-0.05, 0) is 18.4 Å². The number of hydrogen-bond donors (Lipinski definition) is 1. The normalized spacial score (nSPS) is 11.2. The zero-order valence-electron chi connectivity index (χ0n) is 13.4. The second kappa shape index (κ2) is 8.37. The van der Waals surface area contributed by atoms with Gasteiger partial charge in [0.15, 0.2) is 0 Å². The fraction of sp³-hybridized carbons (Fsp3) is 0.267. The van der Waals surface area contributed by atoms with Gasteiger partial charge in [0.05, 0.1) is 11.3 Å². The molecule has 0 unspecified atom stereocenters. The predicted molar refractivity (Wildman–Crippen MR) is 91.6 cm³/mol. The Morgan fingerprint density at radius 2 is 2.04 bits per heavy atom. The number of nitriles is 1. The molecule has 2 heterocycles. The van der Waals surface area contributed by atoms with Crippen LogP contribution in [0.4, 0.5) is 19.1 Å². The first-order valence-electron chi connectivity index (χ1n) is 7.02. The van der Waals surface area contributed by atoms with Gasteiger partial charge in [-0.3, -0.25) is 9.78 Å². The SMILES string of the molecule is CSc1nc(N)nc(SCC(=O)Cc2cc(C(F)(F)F)ccn2)c1C#N. The van der Waals surface area contributed by atoms with Crippen LogP contribution >= 0.6 is 23.5 Å². The molecule has 0 amide bonds. The van der Waals surface area contributed by atoms with Crippen LogP contribution in [-0.2, 0) is 17.4 Å². The van der Waals surface area contributed by atoms with Gasteiger partial charge >= 0.3 is 6.18 Å². The number of nitrogen functional groups attached to an aromatic ring is 1. The second-order valence-electron chi connectivity index (χ2n) is 4.92. The number of carbonyl (C=O) groups excluding carboxylic acids is 1. The third kappa shape index (κ3) is 5.09. The third-order valence-electron chi connectivity index (χ3n) is 3.06. The Hall–Kier alpha value is -2.32. The van der Waals surface area contributed by atoms with Crippen molar-refractivity contribution >= 4 is 35.3 Å². The highest BCUT2D eigenvalue weighted by molar-refractivity contribution is 8.00. The summed E-state index contributed by atoms with van der Waals surface area (Å²) in [5.41, 5.74) is 4.96. The minimum atomic E-state index is -4.50. The van der Waals surface area contributed by atoms with Crippen LogP contribution in [0.5, 0.6) is 0 Å². The maximum atomic E-state index is 12.7. The van der Waals surface area contributed by atoms with Crippen LogP contribution in [0, 0.1) is 11.3 Å². The first-order chi connectivity index (χ1) is 12.2. The molecule has 2 rings (SSSR count). The van der Waals surface area contributed by atoms with Gasteiger partial charge in [-0.15, -0.1) is 11.8 Å². The molecule has 0 saturated carbocycles. The molecule has 2 aromatic heterocycles. The fourth-order valence-corrected chi connectivity index (χ4v) is 3.38. The van der Waals surface area contributed by atoms with E-state index < -0.39 is 11.7 Å². The molecule has 0 aromatic carbocycles. The summed E-state index contributed by atoms with van der Waals surface area (Å²) < 4.78 is 38.1. The molecular formula is C15H12F3N5OS2. The summed E-state index contributed by atoms with van der Waals surface area (Å²) in [5, 5.41) is 9.89. The summed E-state index contributed by atoms with van der Waals surface area (Å²) >= 11 is 2.21. The quantitative estimate of drug-likeness (QED) is 0.584. The number of alkyl halides is 3. The molecule has 136 valence electrons. The largest absolute Gasteiger partial charge is 0.416 e. The Labute approximate surface area is 155 Å². The standard InChI is InChI=1S/C15H12F3N5OS2/c1-25-12-11(6-19)13(23-14(20)22-12)26-7-10(24)5-9-4-8(2-3-21-9)15(16,17)18/h2-4H,5,7H2,1H3,(H2,20,22,23). The molecule has 0 aliphatic rings. The predicted octanol–water partition coefficient (Wildman–Crippen LogP) is 2.97. The Morgan fingerprint density at radius 1 is 1.35 bits per heavy atom. The summed E-state index contributed by atoms with van der Waals surface area (Å²) in [7, 11) is 0. The number of anilines is 1. The molecule has 2 aromatic rings. The van der Waals surface area contributed by atoms with E-state index in [1.807, 2.05) is 6.07 Å². The lowest BCUT2D eigenvalue weighted by molar-refractivity contribution is -0.137. The van der Waals surface area contributed by atoms with Gasteiger partial charge in [-0.25, -0.2) is 9.97 Å². The maximum absolute atomic E-state index is 12.7. The summed E-state index contributed by atoms with van der Waals surface area (Å²) in [5.74, 6) is -0.465. The number of halogens is 3. The molecule has 0 spiro atoms. The number of ketones is 1. The minimum Gasteiger partial charge on any atom is -0.368 e. The first kappa shape index (κ1) is 20.0. The molecule has 0 aliphatic carbocycles. The smallest absolute Gasteiger partial charge is 0.368 e. The molecular weight excluding hydrogens is 387 g/mol. The molecule has 0 aliphatic heterocycles. The van der Waals surface area contributed by atoms with Crippen molar-refractivity contribution in [2.75, 3.05) is 17.7 Å². The monoisotopic (exact) mass is 399 g/mol. The molecule has 0 atom stereocenters. The van der Waals surface area contributed by atoms with Gasteiger partial charge in [0.2, 0.25) is 5.95 Å². The highest BCUT2D eigenvalue weighted by atomic mass is 32.2. The molecule has 26 heavy (non-hydrogen) atoms. The lowest BCUT2D eigenvalue weighted by Gasteiger charge is -2.08. The van der Waals surface area contributed by atoms with Crippen LogP contribution in [0.15, 0.2) is 28.4 Å². The van der Waals surface area contributed by atoms with Gasteiger partial charge < -0.3 is 5.73 Å². The van der Waals surface area contributed by atoms with E-state index in [-0.39, 0.29) is 40.2 Å². The van der Waals surface area contributed by atoms with Crippen LogP contribution in [0.3, 0.4) is 0 Å². The molecule has 2 N–H and O–H groups in total. The number of rotatable bonds is 6. The van der Waals surface area contributed by atoms with Crippen molar-refractivity contribution in [1.82, 2.24) is 15.0 Å². The van der Waals surface area contributed by atoms with Crippen LogP contribution in [0.25, 0.3) is 0 Å². The van der Waals surface area contributed by atoms with E-state index in [0.717, 1.165) is 30.1 Å². The van der Waals surface area contributed by atoms with Crippen molar-refractivity contribution in [1.29, 1.82) is 5.26 Å². The third-order valence-corrected chi connectivity index (χ3v) is 4.77. The second-order valence-corrected chi connectivity index (χ2v) is 6.68. The molecule has 6 nitrogen and oxygen atoms in total. The average Bonchev–Trinajstić information content (AvgIpc) is 2.58. The van der Waals surface area contributed by atoms with E-state index >= 15 is 0 Å². The molecule has 0 fully saturated rings. The van der Waals surface area contributed by atoms with Crippen LogP contribution < -0.4 is 5.73 Å². The van der Waals surface area contributed by atoms with Crippen molar-refractivity contribution in [3.05, 3.63) is 35.2 Å². The Bertz CT molecular complexity index is 867. The van der Waals surface area contributed by atoms with Crippen molar-refractivity contribution < 1.29 is 18.0 Å². The fourth-order valence-electron chi connectivity index (χ4n) is 1.94. The number of nitrogens with two attached hydrogens (primary N) is 1. The Balaban J connectivity index is 2.09. The van der Waals surface area contributed by atoms with Crippen molar-refractivity contribution in [3.8, 4) is 6.07 Å². The van der Waals surface area contributed by atoms with Crippen molar-refractivity contribution in [2.45, 2.75) is 22.6 Å². The number of thioether (sulfide) groups is 2. The summed E-state index contributed by atoms with van der Waals surface area (Å²) in [6.45, 7) is 0. The zero-order chi connectivity index (χ0) is 19.3. The Morgan fingerprint density at radius 3 is 2.65 bits per heavy atom. The minimum absolute atomic E-state index is 0.0251. The lowest BCUT2D eigenvalue weighted by Crippen LogP contribution is -2.11. The van der Waals surface area contributed by atoms with Gasteiger partial charge in [0.25, 0.3) is 0 Å². The molecule has 0 bridgehead atoms. The number of Topliss-reactive ketones (excluding diaryl/α,β-unsaturated/α-hetero) is 1. The van der Waals surface area contributed by atoms with Gasteiger partial charge in [-0.1, -0.05) is 11.8 Å². The number of carbonyl (C=O) groups is 1. The average molecular weight is 399 g/mol. The van der Waals surface area contributed by atoms with Crippen LogP contribution in [-0.4, -0.2) is 32.7 Å². The van der Waals surface area contributed by atoms with Crippen LogP contribution in [0.2, 0.25) is 0 Å². The van der Waals surface area contributed by atoms with Crippen LogP contribution in [0.1, 0.15) is 16.8 Å². The number of aromatic nitrogens is 3. The first-order valence-corrected chi connectivity index (χ1v) is 9.24. The summed E-state index contributed by atoms with van der Waals surface area (Å²) in [6.07, 6.45) is -2.01. The molecule has 11 heteroatoms. The van der Waals surface area contributed by atoms with E-state index in [9.17, 15) is 23.2 Å². The highest BCUT2D eigenvalue weighted by Gasteiger charge is 2.30. The van der Waals surface area contributed by atoms with E-state index in [4.69, 9.17) is 5.73 Å². The number of pyridine rings is 1. The van der Waals surface area contributed by atoms with Gasteiger partial charge in [-0.2, -0.15) is 18.4 Å². The lowest BCUT2D eigenvalue weighted by atomic mass is 10.1. The van der Waals surface area contributed by atoms with Gasteiger partial charge in [0, 0.05) is 18.3 Å². The highest BCUT2D eigenvalue weighted by Crippen LogP contribution is 2.30. The van der Waals surface area contributed by atoms with Crippen molar-refractivity contribution in [3.63, 3.8) is 0 Å². The zero-order valence-corrected chi connectivity index (χ0v) is 15.0. The maximum Gasteiger partial charge on any atom is 0.416 e. The Kier molecular flexibility index (Phi) is 6.44. The van der Waals surface area contributed by atoms with E-state index in [1.165, 1.54) is 11.8 Å². The van der Waals surface area contributed by atoms with Gasteiger partial charge in [0.1, 0.15) is 27.5 Å². The molecule has 0 radical (unpaired) electrons.